The van der Waals surface area contributed by atoms with Gasteiger partial charge in [-0.3, -0.25) is 0 Å². The van der Waals surface area contributed by atoms with Gasteiger partial charge in [0.25, 0.3) is 0 Å². The molecule has 0 fully saturated rings. The maximum absolute atomic E-state index is 2.42. The van der Waals surface area contributed by atoms with Gasteiger partial charge in [0, 0.05) is 5.92 Å². The Morgan fingerprint density at radius 1 is 0.741 bits per heavy atom. The van der Waals surface area contributed by atoms with E-state index in [1.807, 2.05) is 0 Å². The van der Waals surface area contributed by atoms with Crippen LogP contribution in [0.15, 0.2) is 84.5 Å². The summed E-state index contributed by atoms with van der Waals surface area (Å²) in [5.41, 5.74) is 7.03. The van der Waals surface area contributed by atoms with Gasteiger partial charge in [-0.25, -0.2) is 18.1 Å². The van der Waals surface area contributed by atoms with E-state index in [-0.39, 0.29) is 51.0 Å². The number of rotatable bonds is 2. The molecule has 0 aromatic heterocycles. The van der Waals surface area contributed by atoms with Crippen molar-refractivity contribution in [3.05, 3.63) is 113 Å². The van der Waals surface area contributed by atoms with Crippen molar-refractivity contribution in [2.45, 2.75) is 18.3 Å². The average Bonchev–Trinajstić information content (AvgIpc) is 3.26. The number of fused-ring (bicyclic) bond motifs is 2. The molecule has 3 heteroatoms. The van der Waals surface area contributed by atoms with Gasteiger partial charge in [-0.05, 0) is 28.2 Å². The van der Waals surface area contributed by atoms with Crippen LogP contribution >= 0.6 is 0 Å². The minimum absolute atomic E-state index is 0. The van der Waals surface area contributed by atoms with Crippen molar-refractivity contribution < 1.29 is 51.0 Å². The Hall–Kier alpha value is -1.27. The largest absolute Gasteiger partial charge is 3.00 e. The van der Waals surface area contributed by atoms with Gasteiger partial charge in [0.1, 0.15) is 0 Å². The molecule has 0 spiro atoms. The fourth-order valence-electron chi connectivity index (χ4n) is 4.15. The molecule has 0 N–H and O–H groups in total. The van der Waals surface area contributed by atoms with E-state index < -0.39 is 0 Å². The molecule has 3 aliphatic carbocycles. The first kappa shape index (κ1) is 22.0. The van der Waals surface area contributed by atoms with Crippen LogP contribution in [-0.4, -0.2) is 0 Å². The first-order valence-corrected chi connectivity index (χ1v) is 8.68. The van der Waals surface area contributed by atoms with Gasteiger partial charge >= 0.3 is 26.2 Å². The molecule has 5 rings (SSSR count). The molecular formula is C24H19Cl2Zr. The van der Waals surface area contributed by atoms with Crippen LogP contribution in [0.4, 0.5) is 0 Å². The van der Waals surface area contributed by atoms with Gasteiger partial charge in [-0.2, -0.15) is 0 Å². The van der Waals surface area contributed by atoms with Gasteiger partial charge < -0.3 is 24.8 Å². The van der Waals surface area contributed by atoms with Crippen LogP contribution in [0.2, 0.25) is 0 Å². The van der Waals surface area contributed by atoms with Crippen molar-refractivity contribution in [2.24, 2.45) is 0 Å². The van der Waals surface area contributed by atoms with Crippen molar-refractivity contribution >= 4 is 12.2 Å². The van der Waals surface area contributed by atoms with Gasteiger partial charge in [0.05, 0.1) is 0 Å². The van der Waals surface area contributed by atoms with Crippen LogP contribution in [0, 0.1) is 5.92 Å². The maximum Gasteiger partial charge on any atom is 3.00 e. The molecule has 0 bridgehead atoms. The number of halogens is 2. The van der Waals surface area contributed by atoms with E-state index in [2.05, 4.69) is 91.1 Å². The third-order valence-corrected chi connectivity index (χ3v) is 5.42. The summed E-state index contributed by atoms with van der Waals surface area (Å²) < 4.78 is 0. The number of allylic oxidation sites excluding steroid dienone is 6. The Morgan fingerprint density at radius 2 is 1.37 bits per heavy atom. The second kappa shape index (κ2) is 9.29. The molecule has 133 valence electrons. The van der Waals surface area contributed by atoms with Gasteiger partial charge in [-0.1, -0.05) is 79.3 Å². The molecule has 0 heterocycles. The minimum Gasteiger partial charge on any atom is -1.00 e. The zero-order valence-electron chi connectivity index (χ0n) is 14.8. The monoisotopic (exact) mass is 467 g/mol. The van der Waals surface area contributed by atoms with Crippen LogP contribution < -0.4 is 24.8 Å². The molecule has 0 saturated carbocycles. The molecule has 2 atom stereocenters. The SMILES string of the molecule is C1=C[C-](C2C=Cc3ccccc32)CC=C1C1C=Cc2ccccc21.[Cl-].[Cl-].[Zr+3]. The molecule has 2 unspecified atom stereocenters. The van der Waals surface area contributed by atoms with Crippen molar-refractivity contribution in [1.82, 2.24) is 0 Å². The molecular weight excluding hydrogens is 450 g/mol. The first-order chi connectivity index (χ1) is 11.9. The Morgan fingerprint density at radius 3 is 2.07 bits per heavy atom. The second-order valence-corrected chi connectivity index (χ2v) is 6.75. The fraction of sp³-hybridized carbons (Fsp3) is 0.125. The predicted molar refractivity (Wildman–Crippen MR) is 102 cm³/mol. The summed E-state index contributed by atoms with van der Waals surface area (Å²) in [4.78, 5) is 0. The molecule has 0 aliphatic heterocycles. The van der Waals surface area contributed by atoms with Crippen molar-refractivity contribution in [3.8, 4) is 0 Å². The summed E-state index contributed by atoms with van der Waals surface area (Å²) in [5.74, 6) is 2.36. The van der Waals surface area contributed by atoms with Crippen molar-refractivity contribution in [3.63, 3.8) is 0 Å². The first-order valence-electron chi connectivity index (χ1n) is 8.68. The van der Waals surface area contributed by atoms with Gasteiger partial charge in [-0.15, -0.1) is 11.6 Å². The molecule has 2 aromatic carbocycles. The molecule has 0 nitrogen and oxygen atoms in total. The number of hydrogen-bond donors (Lipinski definition) is 0. The summed E-state index contributed by atoms with van der Waals surface area (Å²) in [6.45, 7) is 0. The molecule has 27 heavy (non-hydrogen) atoms. The Balaban J connectivity index is 0.000000871. The van der Waals surface area contributed by atoms with E-state index in [1.54, 1.807) is 0 Å². The standard InChI is InChI=1S/C24H19.2ClH.Zr/c1-3-7-21-17(5-1)13-15-23(21)19-9-11-20(12-10-19)24-16-14-18-6-2-4-8-22(18)24;;;/h1-11,13-16,23-24H,12H2;2*1H;/q-1;;;+3/p-2. The Labute approximate surface area is 193 Å². The van der Waals surface area contributed by atoms with Gasteiger partial charge in [0.15, 0.2) is 0 Å². The summed E-state index contributed by atoms with van der Waals surface area (Å²) in [6, 6.07) is 17.5. The normalized spacial score (nSPS) is 20.7. The second-order valence-electron chi connectivity index (χ2n) is 6.75. The third-order valence-electron chi connectivity index (χ3n) is 5.42. The zero-order valence-corrected chi connectivity index (χ0v) is 18.7. The fourth-order valence-corrected chi connectivity index (χ4v) is 4.15. The van der Waals surface area contributed by atoms with Crippen LogP contribution in [0.25, 0.3) is 12.2 Å². The smallest absolute Gasteiger partial charge is 1.00 e. The van der Waals surface area contributed by atoms with Crippen LogP contribution in [0.1, 0.15) is 40.5 Å². The van der Waals surface area contributed by atoms with Gasteiger partial charge in [0.2, 0.25) is 0 Å². The van der Waals surface area contributed by atoms with Crippen molar-refractivity contribution in [1.29, 1.82) is 0 Å². The average molecular weight is 470 g/mol. The van der Waals surface area contributed by atoms with E-state index in [9.17, 15) is 0 Å². The van der Waals surface area contributed by atoms with Crippen molar-refractivity contribution in [2.75, 3.05) is 0 Å². The van der Waals surface area contributed by atoms with E-state index >= 15 is 0 Å². The topological polar surface area (TPSA) is 0 Å². The zero-order chi connectivity index (χ0) is 15.9. The van der Waals surface area contributed by atoms with Crippen LogP contribution in [0.3, 0.4) is 0 Å². The molecule has 2 aromatic rings. The van der Waals surface area contributed by atoms with E-state index in [0.717, 1.165) is 6.42 Å². The van der Waals surface area contributed by atoms with E-state index in [0.29, 0.717) is 11.8 Å². The summed E-state index contributed by atoms with van der Waals surface area (Å²) in [5, 5.41) is 0. The van der Waals surface area contributed by atoms with E-state index in [1.165, 1.54) is 33.7 Å². The summed E-state index contributed by atoms with van der Waals surface area (Å²) in [7, 11) is 0. The molecule has 3 aliphatic rings. The predicted octanol–water partition coefficient (Wildman–Crippen LogP) is 0.0739. The minimum atomic E-state index is 0. The molecule has 0 saturated heterocycles. The maximum atomic E-state index is 2.42. The quantitative estimate of drug-likeness (QED) is 0.547. The Kier molecular flexibility index (Phi) is 7.58. The summed E-state index contributed by atoms with van der Waals surface area (Å²) in [6.07, 6.45) is 17.3. The Bertz CT molecular complexity index is 923. The van der Waals surface area contributed by atoms with E-state index in [4.69, 9.17) is 0 Å². The van der Waals surface area contributed by atoms with Crippen LogP contribution in [-0.2, 0) is 26.2 Å². The number of benzene rings is 2. The molecule has 0 amide bonds. The molecule has 1 radical (unpaired) electrons. The third kappa shape index (κ3) is 3.97. The number of hydrogen-bond acceptors (Lipinski definition) is 0. The summed E-state index contributed by atoms with van der Waals surface area (Å²) >= 11 is 0. The van der Waals surface area contributed by atoms with Crippen LogP contribution in [0.5, 0.6) is 0 Å².